The van der Waals surface area contributed by atoms with Crippen LogP contribution in [0.5, 0.6) is 0 Å². The van der Waals surface area contributed by atoms with Crippen LogP contribution in [0.3, 0.4) is 0 Å². The van der Waals surface area contributed by atoms with E-state index in [9.17, 15) is 4.79 Å². The van der Waals surface area contributed by atoms with Crippen LogP contribution >= 0.6 is 11.6 Å². The molecule has 2 nitrogen and oxygen atoms in total. The third-order valence-electron chi connectivity index (χ3n) is 12.1. The minimum Gasteiger partial charge on any atom is -0.461 e. The van der Waals surface area contributed by atoms with Crippen LogP contribution < -0.4 is 0 Å². The van der Waals surface area contributed by atoms with Gasteiger partial charge in [-0.2, -0.15) is 0 Å². The molecule has 5 aliphatic rings. The lowest BCUT2D eigenvalue weighted by Crippen LogP contribution is -2.57. The fourth-order valence-electron chi connectivity index (χ4n) is 10.6. The van der Waals surface area contributed by atoms with Gasteiger partial charge in [-0.15, -0.1) is 11.6 Å². The maximum Gasteiger partial charge on any atom is 0.321 e. The highest BCUT2D eigenvalue weighted by Crippen LogP contribution is 2.82. The summed E-state index contributed by atoms with van der Waals surface area (Å²) in [5.41, 5.74) is 1.15. The molecule has 5 saturated carbocycles. The standard InChI is InChI=1S/C29H47ClO2/c1-18(2)7-6-8-19(3)22-9-10-23-21-15-25(32-26(31)17-30)29-16-20(29)11-14-28(29,5)24(21)12-13-27(22,23)4/h18-25H,6-17H2,1-5H3. The summed E-state index contributed by atoms with van der Waals surface area (Å²) in [5, 5.41) is 0. The fraction of sp³-hybridized carbons (Fsp3) is 0.966. The molecular weight excluding hydrogens is 416 g/mol. The van der Waals surface area contributed by atoms with E-state index in [2.05, 4.69) is 34.6 Å². The van der Waals surface area contributed by atoms with Crippen molar-refractivity contribution in [1.82, 2.24) is 0 Å². The van der Waals surface area contributed by atoms with Crippen LogP contribution in [0.15, 0.2) is 0 Å². The Morgan fingerprint density at radius 1 is 1.03 bits per heavy atom. The number of alkyl halides is 1. The monoisotopic (exact) mass is 462 g/mol. The van der Waals surface area contributed by atoms with Crippen molar-refractivity contribution in [2.75, 3.05) is 5.88 Å². The van der Waals surface area contributed by atoms with Gasteiger partial charge in [0.2, 0.25) is 0 Å². The van der Waals surface area contributed by atoms with Crippen molar-refractivity contribution in [2.45, 2.75) is 111 Å². The topological polar surface area (TPSA) is 26.3 Å². The van der Waals surface area contributed by atoms with Crippen LogP contribution in [0.4, 0.5) is 0 Å². The highest BCUT2D eigenvalue weighted by molar-refractivity contribution is 6.26. The second kappa shape index (κ2) is 8.17. The summed E-state index contributed by atoms with van der Waals surface area (Å²) in [6, 6.07) is 0. The maximum absolute atomic E-state index is 12.3. The summed E-state index contributed by atoms with van der Waals surface area (Å²) in [6.07, 6.45) is 15.1. The summed E-state index contributed by atoms with van der Waals surface area (Å²) < 4.78 is 6.17. The van der Waals surface area contributed by atoms with E-state index in [0.29, 0.717) is 10.8 Å². The predicted octanol–water partition coefficient (Wildman–Crippen LogP) is 7.87. The largest absolute Gasteiger partial charge is 0.461 e. The van der Waals surface area contributed by atoms with Crippen molar-refractivity contribution in [2.24, 2.45) is 57.7 Å². The average Bonchev–Trinajstić information content (AvgIpc) is 3.26. The number of fused-ring (bicyclic) bond motifs is 4. The molecule has 0 heterocycles. The quantitative estimate of drug-likeness (QED) is 0.284. The second-order valence-electron chi connectivity index (χ2n) is 13.7. The van der Waals surface area contributed by atoms with Crippen molar-refractivity contribution < 1.29 is 9.53 Å². The SMILES string of the molecule is CC(C)CCCC(C)C1CCC2C3CC(OC(=O)CCl)C45CC4CCC5(C)C3CCC12C. The summed E-state index contributed by atoms with van der Waals surface area (Å²) >= 11 is 5.90. The molecule has 5 rings (SSSR count). The molecule has 1 spiro atoms. The van der Waals surface area contributed by atoms with Gasteiger partial charge in [-0.1, -0.05) is 53.9 Å². The van der Waals surface area contributed by atoms with Gasteiger partial charge >= 0.3 is 5.97 Å². The minimum atomic E-state index is -0.189. The van der Waals surface area contributed by atoms with Crippen molar-refractivity contribution >= 4 is 17.6 Å². The first kappa shape index (κ1) is 23.5. The van der Waals surface area contributed by atoms with E-state index in [-0.39, 0.29) is 23.4 Å². The van der Waals surface area contributed by atoms with E-state index >= 15 is 0 Å². The Morgan fingerprint density at radius 3 is 2.50 bits per heavy atom. The number of esters is 1. The van der Waals surface area contributed by atoms with E-state index in [4.69, 9.17) is 16.3 Å². The Morgan fingerprint density at radius 2 is 1.81 bits per heavy atom. The Hall–Kier alpha value is -0.240. The lowest BCUT2D eigenvalue weighted by Gasteiger charge is -2.60. The molecule has 0 bridgehead atoms. The van der Waals surface area contributed by atoms with Crippen molar-refractivity contribution in [3.63, 3.8) is 0 Å². The molecule has 0 N–H and O–H groups in total. The van der Waals surface area contributed by atoms with Gasteiger partial charge in [0.15, 0.2) is 0 Å². The smallest absolute Gasteiger partial charge is 0.321 e. The van der Waals surface area contributed by atoms with E-state index in [1.54, 1.807) is 0 Å². The van der Waals surface area contributed by atoms with E-state index in [1.165, 1.54) is 64.2 Å². The van der Waals surface area contributed by atoms with Crippen LogP contribution in [0.1, 0.15) is 105 Å². The first-order chi connectivity index (χ1) is 15.2. The molecule has 182 valence electrons. The number of carbonyl (C=O) groups is 1. The second-order valence-corrected chi connectivity index (χ2v) is 13.9. The van der Waals surface area contributed by atoms with Crippen molar-refractivity contribution in [3.05, 3.63) is 0 Å². The van der Waals surface area contributed by atoms with Crippen LogP contribution in [-0.4, -0.2) is 18.0 Å². The van der Waals surface area contributed by atoms with Crippen LogP contribution in [0.2, 0.25) is 0 Å². The molecule has 0 radical (unpaired) electrons. The summed E-state index contributed by atoms with van der Waals surface area (Å²) in [6.45, 7) is 12.5. The van der Waals surface area contributed by atoms with Crippen LogP contribution in [0.25, 0.3) is 0 Å². The molecule has 10 atom stereocenters. The molecule has 0 aromatic rings. The lowest BCUT2D eigenvalue weighted by atomic mass is 9.45. The van der Waals surface area contributed by atoms with E-state index < -0.39 is 0 Å². The number of hydrogen-bond acceptors (Lipinski definition) is 2. The zero-order chi connectivity index (χ0) is 22.9. The van der Waals surface area contributed by atoms with Crippen LogP contribution in [0, 0.1) is 57.7 Å². The molecule has 0 aliphatic heterocycles. The maximum atomic E-state index is 12.3. The van der Waals surface area contributed by atoms with Gasteiger partial charge in [-0.3, -0.25) is 4.79 Å². The molecule has 3 heteroatoms. The number of hydrogen-bond donors (Lipinski definition) is 0. The number of carbonyl (C=O) groups excluding carboxylic acids is 1. The molecule has 0 aromatic heterocycles. The van der Waals surface area contributed by atoms with Gasteiger partial charge in [0.25, 0.3) is 0 Å². The van der Waals surface area contributed by atoms with Gasteiger partial charge in [0.05, 0.1) is 0 Å². The molecule has 0 amide bonds. The lowest BCUT2D eigenvalue weighted by molar-refractivity contribution is -0.182. The first-order valence-corrected chi connectivity index (χ1v) is 14.5. The zero-order valence-electron chi connectivity index (χ0n) is 21.3. The third-order valence-corrected chi connectivity index (χ3v) is 12.3. The fourth-order valence-corrected chi connectivity index (χ4v) is 10.7. The third kappa shape index (κ3) is 3.27. The average molecular weight is 463 g/mol. The Labute approximate surface area is 202 Å². The van der Waals surface area contributed by atoms with Crippen molar-refractivity contribution in [1.29, 1.82) is 0 Å². The Kier molecular flexibility index (Phi) is 6.00. The molecule has 5 aliphatic carbocycles. The Balaban J connectivity index is 1.37. The molecule has 0 aromatic carbocycles. The number of rotatable bonds is 7. The predicted molar refractivity (Wildman–Crippen MR) is 131 cm³/mol. The molecule has 10 unspecified atom stereocenters. The van der Waals surface area contributed by atoms with E-state index in [1.807, 2.05) is 0 Å². The molecule has 0 saturated heterocycles. The Bertz CT molecular complexity index is 735. The van der Waals surface area contributed by atoms with Gasteiger partial charge < -0.3 is 4.74 Å². The summed E-state index contributed by atoms with van der Waals surface area (Å²) in [4.78, 5) is 12.3. The number of halogens is 1. The van der Waals surface area contributed by atoms with Gasteiger partial charge in [0.1, 0.15) is 12.0 Å². The van der Waals surface area contributed by atoms with Crippen molar-refractivity contribution in [3.8, 4) is 0 Å². The zero-order valence-corrected chi connectivity index (χ0v) is 22.1. The normalized spacial score (nSPS) is 49.7. The highest BCUT2D eigenvalue weighted by atomic mass is 35.5. The molecular formula is C29H47ClO2. The van der Waals surface area contributed by atoms with Crippen LogP contribution in [-0.2, 0) is 9.53 Å². The first-order valence-electron chi connectivity index (χ1n) is 13.9. The van der Waals surface area contributed by atoms with Gasteiger partial charge in [-0.05, 0) is 104 Å². The number of ether oxygens (including phenoxy) is 1. The van der Waals surface area contributed by atoms with E-state index in [0.717, 1.165) is 47.8 Å². The summed E-state index contributed by atoms with van der Waals surface area (Å²) in [7, 11) is 0. The molecule has 5 fully saturated rings. The van der Waals surface area contributed by atoms with Gasteiger partial charge in [-0.25, -0.2) is 0 Å². The molecule has 32 heavy (non-hydrogen) atoms. The highest BCUT2D eigenvalue weighted by Gasteiger charge is 2.78. The van der Waals surface area contributed by atoms with Gasteiger partial charge in [0, 0.05) is 5.41 Å². The summed E-state index contributed by atoms with van der Waals surface area (Å²) in [5.74, 6) is 5.56. The minimum absolute atomic E-state index is 0.000827.